The molecule has 0 aromatic heterocycles. The van der Waals surface area contributed by atoms with Gasteiger partial charge in [0.1, 0.15) is 11.8 Å². The van der Waals surface area contributed by atoms with Gasteiger partial charge in [-0.05, 0) is 29.7 Å². The van der Waals surface area contributed by atoms with Crippen LogP contribution in [0.2, 0.25) is 0 Å². The summed E-state index contributed by atoms with van der Waals surface area (Å²) in [4.78, 5) is 0. The lowest BCUT2D eigenvalue weighted by Gasteiger charge is -2.21. The molecule has 0 saturated heterocycles. The van der Waals surface area contributed by atoms with Gasteiger partial charge in [-0.1, -0.05) is 18.2 Å². The minimum atomic E-state index is -3.41. The Hall–Kier alpha value is -0.910. The Balaban J connectivity index is 2.86. The molecule has 6 heteroatoms. The van der Waals surface area contributed by atoms with Gasteiger partial charge in [-0.25, -0.2) is 5.43 Å². The van der Waals surface area contributed by atoms with Crippen molar-refractivity contribution in [2.24, 2.45) is 5.84 Å². The van der Waals surface area contributed by atoms with Gasteiger partial charge < -0.3 is 4.74 Å². The van der Waals surface area contributed by atoms with Crippen LogP contribution in [0.5, 0.6) is 5.75 Å². The summed E-state index contributed by atoms with van der Waals surface area (Å²) in [6, 6.07) is 5.52. The van der Waals surface area contributed by atoms with Gasteiger partial charge in [-0.3, -0.25) is 5.84 Å². The first kappa shape index (κ1) is 13.2. The molecule has 0 aliphatic heterocycles. The molecule has 0 heterocycles. The molecule has 0 amide bonds. The summed E-state index contributed by atoms with van der Waals surface area (Å²) in [7, 11) is 1.47. The number of hydrogen-bond donors (Lipinski definition) is 2. The SMILES string of the molecule is COc1ccccc1CC(NN)C(F)(F)Cl. The van der Waals surface area contributed by atoms with Gasteiger partial charge >= 0.3 is 5.38 Å². The summed E-state index contributed by atoms with van der Waals surface area (Å²) in [5.74, 6) is 5.57. The van der Waals surface area contributed by atoms with Crippen molar-refractivity contribution in [1.29, 1.82) is 0 Å². The van der Waals surface area contributed by atoms with Crippen molar-refractivity contribution in [1.82, 2.24) is 5.43 Å². The third-order valence-corrected chi connectivity index (χ3v) is 2.48. The van der Waals surface area contributed by atoms with E-state index in [4.69, 9.17) is 22.2 Å². The molecular formula is C10H13ClF2N2O. The van der Waals surface area contributed by atoms with Crippen LogP contribution in [0.15, 0.2) is 24.3 Å². The summed E-state index contributed by atoms with van der Waals surface area (Å²) in [6.45, 7) is 0. The number of rotatable bonds is 5. The van der Waals surface area contributed by atoms with E-state index < -0.39 is 11.4 Å². The van der Waals surface area contributed by atoms with Crippen molar-refractivity contribution in [3.63, 3.8) is 0 Å². The lowest BCUT2D eigenvalue weighted by Crippen LogP contribution is -2.46. The number of benzene rings is 1. The van der Waals surface area contributed by atoms with Crippen LogP contribution in [-0.2, 0) is 6.42 Å². The molecule has 0 aliphatic rings. The Morgan fingerprint density at radius 2 is 2.12 bits per heavy atom. The highest BCUT2D eigenvalue weighted by molar-refractivity contribution is 6.22. The summed E-state index contributed by atoms with van der Waals surface area (Å²) in [6.07, 6.45) is -0.0169. The first-order valence-electron chi connectivity index (χ1n) is 4.63. The van der Waals surface area contributed by atoms with Gasteiger partial charge in [0.15, 0.2) is 0 Å². The zero-order valence-electron chi connectivity index (χ0n) is 8.71. The first-order chi connectivity index (χ1) is 7.49. The molecule has 0 saturated carbocycles. The number of para-hydroxylation sites is 1. The van der Waals surface area contributed by atoms with Gasteiger partial charge in [0.25, 0.3) is 0 Å². The molecule has 0 fully saturated rings. The number of nitrogens with two attached hydrogens (primary N) is 1. The van der Waals surface area contributed by atoms with Crippen LogP contribution in [0.25, 0.3) is 0 Å². The van der Waals surface area contributed by atoms with Crippen LogP contribution in [0.3, 0.4) is 0 Å². The minimum absolute atomic E-state index is 0.0169. The quantitative estimate of drug-likeness (QED) is 0.477. The summed E-state index contributed by atoms with van der Waals surface area (Å²) < 4.78 is 30.8. The van der Waals surface area contributed by atoms with E-state index in [1.807, 2.05) is 5.43 Å². The van der Waals surface area contributed by atoms with Crippen molar-refractivity contribution in [2.45, 2.75) is 17.8 Å². The summed E-state index contributed by atoms with van der Waals surface area (Å²) >= 11 is 4.93. The van der Waals surface area contributed by atoms with E-state index in [0.717, 1.165) is 0 Å². The maximum atomic E-state index is 12.9. The molecular weight excluding hydrogens is 238 g/mol. The number of hydrazine groups is 1. The fraction of sp³-hybridized carbons (Fsp3) is 0.400. The number of hydrogen-bond acceptors (Lipinski definition) is 3. The second kappa shape index (κ2) is 5.43. The van der Waals surface area contributed by atoms with Crippen LogP contribution in [-0.4, -0.2) is 18.5 Å². The van der Waals surface area contributed by atoms with E-state index in [1.165, 1.54) is 7.11 Å². The molecule has 0 bridgehead atoms. The Morgan fingerprint density at radius 1 is 1.50 bits per heavy atom. The van der Waals surface area contributed by atoms with Crippen molar-refractivity contribution < 1.29 is 13.5 Å². The molecule has 0 radical (unpaired) electrons. The third kappa shape index (κ3) is 3.30. The number of alkyl halides is 3. The Bertz CT molecular complexity index is 344. The number of nitrogens with one attached hydrogen (secondary N) is 1. The molecule has 1 rings (SSSR count). The van der Waals surface area contributed by atoms with Gasteiger partial charge in [0.05, 0.1) is 7.11 Å². The third-order valence-electron chi connectivity index (χ3n) is 2.21. The molecule has 1 aromatic rings. The highest BCUT2D eigenvalue weighted by Gasteiger charge is 2.36. The van der Waals surface area contributed by atoms with Crippen molar-refractivity contribution in [3.8, 4) is 5.75 Å². The normalized spacial score (nSPS) is 13.6. The minimum Gasteiger partial charge on any atom is -0.496 e. The lowest BCUT2D eigenvalue weighted by atomic mass is 10.1. The monoisotopic (exact) mass is 250 g/mol. The predicted molar refractivity (Wildman–Crippen MR) is 58.6 cm³/mol. The predicted octanol–water partition coefficient (Wildman–Crippen LogP) is 1.90. The van der Waals surface area contributed by atoms with Crippen LogP contribution >= 0.6 is 11.6 Å². The Kier molecular flexibility index (Phi) is 4.46. The zero-order chi connectivity index (χ0) is 12.2. The molecule has 1 aromatic carbocycles. The molecule has 90 valence electrons. The number of ether oxygens (including phenoxy) is 1. The van der Waals surface area contributed by atoms with E-state index >= 15 is 0 Å². The average molecular weight is 251 g/mol. The fourth-order valence-corrected chi connectivity index (χ4v) is 1.50. The van der Waals surface area contributed by atoms with Crippen LogP contribution in [0.1, 0.15) is 5.56 Å². The van der Waals surface area contributed by atoms with Gasteiger partial charge in [0.2, 0.25) is 0 Å². The standard InChI is InChI=1S/C10H13ClF2N2O/c1-16-8-5-3-2-4-7(8)6-9(15-14)10(11,12)13/h2-5,9,15H,6,14H2,1H3. The number of methoxy groups -OCH3 is 1. The summed E-state index contributed by atoms with van der Waals surface area (Å²) in [5, 5.41) is -3.41. The van der Waals surface area contributed by atoms with Crippen molar-refractivity contribution in [3.05, 3.63) is 29.8 Å². The van der Waals surface area contributed by atoms with Gasteiger partial charge in [-0.15, -0.1) is 0 Å². The molecule has 16 heavy (non-hydrogen) atoms. The highest BCUT2D eigenvalue weighted by atomic mass is 35.5. The second-order valence-corrected chi connectivity index (χ2v) is 3.78. The summed E-state index contributed by atoms with van der Waals surface area (Å²) in [5.41, 5.74) is 2.62. The fourth-order valence-electron chi connectivity index (χ4n) is 1.36. The molecule has 0 aliphatic carbocycles. The van der Waals surface area contributed by atoms with Crippen LogP contribution in [0, 0.1) is 0 Å². The lowest BCUT2D eigenvalue weighted by molar-refractivity contribution is 0.0501. The smallest absolute Gasteiger partial charge is 0.338 e. The highest BCUT2D eigenvalue weighted by Crippen LogP contribution is 2.28. The van der Waals surface area contributed by atoms with Crippen molar-refractivity contribution >= 4 is 11.6 Å². The van der Waals surface area contributed by atoms with Crippen LogP contribution in [0.4, 0.5) is 8.78 Å². The maximum Gasteiger partial charge on any atom is 0.338 e. The van der Waals surface area contributed by atoms with E-state index in [0.29, 0.717) is 11.3 Å². The average Bonchev–Trinajstić information content (AvgIpc) is 2.24. The Morgan fingerprint density at radius 3 is 2.62 bits per heavy atom. The Labute approximate surface area is 97.5 Å². The van der Waals surface area contributed by atoms with Gasteiger partial charge in [-0.2, -0.15) is 8.78 Å². The van der Waals surface area contributed by atoms with E-state index in [9.17, 15) is 8.78 Å². The topological polar surface area (TPSA) is 47.3 Å². The molecule has 0 spiro atoms. The van der Waals surface area contributed by atoms with E-state index in [1.54, 1.807) is 24.3 Å². The van der Waals surface area contributed by atoms with Crippen molar-refractivity contribution in [2.75, 3.05) is 7.11 Å². The van der Waals surface area contributed by atoms with Gasteiger partial charge in [0, 0.05) is 0 Å². The first-order valence-corrected chi connectivity index (χ1v) is 5.01. The van der Waals surface area contributed by atoms with E-state index in [-0.39, 0.29) is 6.42 Å². The maximum absolute atomic E-state index is 12.9. The zero-order valence-corrected chi connectivity index (χ0v) is 9.47. The largest absolute Gasteiger partial charge is 0.496 e. The molecule has 3 N–H and O–H groups in total. The van der Waals surface area contributed by atoms with E-state index in [2.05, 4.69) is 0 Å². The second-order valence-electron chi connectivity index (χ2n) is 3.28. The molecule has 1 atom stereocenters. The number of halogens is 3. The molecule has 3 nitrogen and oxygen atoms in total. The van der Waals surface area contributed by atoms with Crippen LogP contribution < -0.4 is 16.0 Å². The molecule has 1 unspecified atom stereocenters.